The van der Waals surface area contributed by atoms with Crippen LogP contribution in [0.15, 0.2) is 78.9 Å². The standard InChI is InChI=1S/C43H56N4O9/c1-42(2,3)55-38(49)35(25-15-17-26-44-39(50)53-28-29-18-8-7-9-19-29)46-37(48)34(24-14-16-27-45-40(51)56-43(4,5)6)47-41(52)54-36-32-22-12-10-20-30(32)31-21-11-13-23-33(31)36/h7-13,18-23,34-36H,14-17,24-28H2,1-6H3,(H,44,50)(H,45,51)(H,46,48)(H,47,52)/t34-,35-/m0/s1. The molecule has 4 N–H and O–H groups in total. The first-order valence-electron chi connectivity index (χ1n) is 19.2. The lowest BCUT2D eigenvalue weighted by Crippen LogP contribution is -2.52. The summed E-state index contributed by atoms with van der Waals surface area (Å²) in [5.74, 6) is -1.21. The summed E-state index contributed by atoms with van der Waals surface area (Å²) in [5.41, 5.74) is 3.00. The monoisotopic (exact) mass is 772 g/mol. The Morgan fingerprint density at radius 3 is 1.68 bits per heavy atom. The van der Waals surface area contributed by atoms with Gasteiger partial charge in [0.2, 0.25) is 5.91 Å². The second-order valence-corrected chi connectivity index (χ2v) is 15.7. The van der Waals surface area contributed by atoms with E-state index in [-0.39, 0.29) is 26.0 Å². The van der Waals surface area contributed by atoms with Crippen LogP contribution in [0.25, 0.3) is 11.1 Å². The van der Waals surface area contributed by atoms with E-state index in [0.29, 0.717) is 32.2 Å². The van der Waals surface area contributed by atoms with Gasteiger partial charge in [0.05, 0.1) is 0 Å². The van der Waals surface area contributed by atoms with E-state index in [1.807, 2.05) is 78.9 Å². The molecule has 2 atom stereocenters. The van der Waals surface area contributed by atoms with E-state index in [4.69, 9.17) is 18.9 Å². The number of benzene rings is 3. The molecule has 0 saturated heterocycles. The molecule has 1 aliphatic rings. The number of hydrogen-bond acceptors (Lipinski definition) is 9. The van der Waals surface area contributed by atoms with E-state index in [9.17, 15) is 24.0 Å². The molecule has 56 heavy (non-hydrogen) atoms. The summed E-state index contributed by atoms with van der Waals surface area (Å²) in [5, 5.41) is 11.0. The average molecular weight is 773 g/mol. The minimum absolute atomic E-state index is 0.143. The zero-order valence-corrected chi connectivity index (χ0v) is 33.3. The van der Waals surface area contributed by atoms with Crippen molar-refractivity contribution in [2.75, 3.05) is 13.1 Å². The van der Waals surface area contributed by atoms with Crippen molar-refractivity contribution in [3.63, 3.8) is 0 Å². The summed E-state index contributed by atoms with van der Waals surface area (Å²) >= 11 is 0. The fourth-order valence-corrected chi connectivity index (χ4v) is 6.10. The fourth-order valence-electron chi connectivity index (χ4n) is 6.10. The molecule has 0 fully saturated rings. The van der Waals surface area contributed by atoms with Gasteiger partial charge in [0.15, 0.2) is 6.10 Å². The number of rotatable bonds is 17. The number of hydrogen-bond donors (Lipinski definition) is 4. The Morgan fingerprint density at radius 1 is 0.589 bits per heavy atom. The van der Waals surface area contributed by atoms with Crippen molar-refractivity contribution in [1.82, 2.24) is 21.3 Å². The van der Waals surface area contributed by atoms with Gasteiger partial charge in [0, 0.05) is 24.2 Å². The van der Waals surface area contributed by atoms with Gasteiger partial charge < -0.3 is 40.2 Å². The number of ether oxygens (including phenoxy) is 4. The third-order valence-electron chi connectivity index (χ3n) is 8.61. The summed E-state index contributed by atoms with van der Waals surface area (Å²) in [6, 6.07) is 22.6. The molecule has 0 spiro atoms. The van der Waals surface area contributed by atoms with Crippen LogP contribution in [0.4, 0.5) is 14.4 Å². The van der Waals surface area contributed by atoms with Gasteiger partial charge in [0.25, 0.3) is 0 Å². The number of nitrogens with one attached hydrogen (secondary N) is 4. The number of carbonyl (C=O) groups excluding carboxylic acids is 5. The van der Waals surface area contributed by atoms with Crippen molar-refractivity contribution in [2.24, 2.45) is 0 Å². The first-order chi connectivity index (χ1) is 26.6. The van der Waals surface area contributed by atoms with Crippen molar-refractivity contribution >= 4 is 30.2 Å². The summed E-state index contributed by atoms with van der Waals surface area (Å²) in [6.45, 7) is 11.3. The quantitative estimate of drug-likeness (QED) is 0.0618. The molecule has 1 aliphatic carbocycles. The third-order valence-corrected chi connectivity index (χ3v) is 8.61. The van der Waals surface area contributed by atoms with Gasteiger partial charge in [-0.3, -0.25) is 4.79 Å². The molecule has 302 valence electrons. The van der Waals surface area contributed by atoms with Gasteiger partial charge in [-0.15, -0.1) is 0 Å². The van der Waals surface area contributed by atoms with Crippen molar-refractivity contribution < 1.29 is 42.9 Å². The van der Waals surface area contributed by atoms with Crippen LogP contribution in [0, 0.1) is 0 Å². The Morgan fingerprint density at radius 2 is 1.11 bits per heavy atom. The maximum atomic E-state index is 13.9. The zero-order chi connectivity index (χ0) is 40.7. The van der Waals surface area contributed by atoms with E-state index in [0.717, 1.165) is 27.8 Å². The van der Waals surface area contributed by atoms with Crippen LogP contribution in [0.5, 0.6) is 0 Å². The van der Waals surface area contributed by atoms with E-state index >= 15 is 0 Å². The van der Waals surface area contributed by atoms with Crippen molar-refractivity contribution in [3.05, 3.63) is 95.6 Å². The molecule has 0 heterocycles. The third kappa shape index (κ3) is 14.2. The number of carbonyl (C=O) groups is 5. The second-order valence-electron chi connectivity index (χ2n) is 15.7. The Balaban J connectivity index is 1.39. The summed E-state index contributed by atoms with van der Waals surface area (Å²) in [6.07, 6.45) is -0.304. The summed E-state index contributed by atoms with van der Waals surface area (Å²) in [7, 11) is 0. The Kier molecular flexibility index (Phi) is 15.7. The van der Waals surface area contributed by atoms with Gasteiger partial charge in [-0.1, -0.05) is 78.9 Å². The van der Waals surface area contributed by atoms with Crippen molar-refractivity contribution in [2.45, 2.75) is 116 Å². The highest BCUT2D eigenvalue weighted by Gasteiger charge is 2.34. The number of amides is 4. The molecule has 0 radical (unpaired) electrons. The number of esters is 1. The minimum Gasteiger partial charge on any atom is -0.458 e. The highest BCUT2D eigenvalue weighted by molar-refractivity contribution is 5.90. The topological polar surface area (TPSA) is 170 Å². The molecule has 3 aromatic rings. The van der Waals surface area contributed by atoms with Crippen LogP contribution >= 0.6 is 0 Å². The van der Waals surface area contributed by atoms with Gasteiger partial charge in [-0.05, 0) is 96.8 Å². The molecule has 4 rings (SSSR count). The molecule has 0 aliphatic heterocycles. The summed E-state index contributed by atoms with van der Waals surface area (Å²) < 4.78 is 22.2. The van der Waals surface area contributed by atoms with Crippen LogP contribution in [0.3, 0.4) is 0 Å². The predicted molar refractivity (Wildman–Crippen MR) is 211 cm³/mol. The van der Waals surface area contributed by atoms with Gasteiger partial charge >= 0.3 is 24.2 Å². The lowest BCUT2D eigenvalue weighted by Gasteiger charge is -2.26. The second kappa shape index (κ2) is 20.4. The molecule has 0 aromatic heterocycles. The van der Waals surface area contributed by atoms with Crippen LogP contribution in [-0.2, 0) is 35.1 Å². The van der Waals surface area contributed by atoms with Gasteiger partial charge in [-0.25, -0.2) is 19.2 Å². The SMILES string of the molecule is CC(C)(C)OC(=O)NCCCC[C@H](NC(=O)OC1c2ccccc2-c2ccccc21)C(=O)N[C@@H](CCCCNC(=O)OCc1ccccc1)C(=O)OC(C)(C)C. The van der Waals surface area contributed by atoms with E-state index in [2.05, 4.69) is 21.3 Å². The summed E-state index contributed by atoms with van der Waals surface area (Å²) in [4.78, 5) is 65.2. The molecule has 0 saturated carbocycles. The smallest absolute Gasteiger partial charge is 0.408 e. The van der Waals surface area contributed by atoms with Crippen molar-refractivity contribution in [1.29, 1.82) is 0 Å². The van der Waals surface area contributed by atoms with Crippen LogP contribution in [0.2, 0.25) is 0 Å². The molecular formula is C43H56N4O9. The number of unbranched alkanes of at least 4 members (excludes halogenated alkanes) is 2. The van der Waals surface area contributed by atoms with Crippen molar-refractivity contribution in [3.8, 4) is 11.1 Å². The lowest BCUT2D eigenvalue weighted by molar-refractivity contribution is -0.159. The van der Waals surface area contributed by atoms with Gasteiger partial charge in [-0.2, -0.15) is 0 Å². The van der Waals surface area contributed by atoms with E-state index in [1.165, 1.54) is 0 Å². The van der Waals surface area contributed by atoms with Crippen LogP contribution in [0.1, 0.15) is 103 Å². The predicted octanol–water partition coefficient (Wildman–Crippen LogP) is 7.47. The molecule has 0 unspecified atom stereocenters. The number of alkyl carbamates (subject to hydrolysis) is 3. The fraction of sp³-hybridized carbons (Fsp3) is 0.465. The Bertz CT molecular complexity index is 1740. The first kappa shape index (κ1) is 43.1. The van der Waals surface area contributed by atoms with Crippen LogP contribution < -0.4 is 21.3 Å². The largest absolute Gasteiger partial charge is 0.458 e. The minimum atomic E-state index is -1.08. The highest BCUT2D eigenvalue weighted by Crippen LogP contribution is 2.45. The van der Waals surface area contributed by atoms with Gasteiger partial charge in [0.1, 0.15) is 29.9 Å². The highest BCUT2D eigenvalue weighted by atomic mass is 16.6. The molecular weight excluding hydrogens is 716 g/mol. The maximum absolute atomic E-state index is 13.9. The molecule has 13 nitrogen and oxygen atoms in total. The Hall–Kier alpha value is -5.59. The maximum Gasteiger partial charge on any atom is 0.408 e. The van der Waals surface area contributed by atoms with E-state index in [1.54, 1.807) is 41.5 Å². The Labute approximate surface area is 329 Å². The lowest BCUT2D eigenvalue weighted by atomic mass is 10.1. The molecule has 4 amide bonds. The molecule has 0 bridgehead atoms. The molecule has 3 aromatic carbocycles. The molecule has 13 heteroatoms. The first-order valence-corrected chi connectivity index (χ1v) is 19.2. The van der Waals surface area contributed by atoms with Crippen LogP contribution in [-0.4, -0.2) is 66.5 Å². The number of fused-ring (bicyclic) bond motifs is 3. The van der Waals surface area contributed by atoms with E-state index < -0.39 is 59.5 Å². The average Bonchev–Trinajstić information content (AvgIpc) is 3.44. The normalized spacial score (nSPS) is 13.2. The zero-order valence-electron chi connectivity index (χ0n) is 33.3.